The molecule has 2 atom stereocenters. The number of carbonyl (C=O) groups is 2. The highest BCUT2D eigenvalue weighted by atomic mass is 32.2. The van der Waals surface area contributed by atoms with Crippen molar-refractivity contribution < 1.29 is 22.7 Å². The number of amides is 2. The van der Waals surface area contributed by atoms with Gasteiger partial charge >= 0.3 is 0 Å². The molecule has 3 aliphatic heterocycles. The third kappa shape index (κ3) is 4.17. The molecule has 170 valence electrons. The number of aryl methyl sites for hydroxylation is 1. The summed E-state index contributed by atoms with van der Waals surface area (Å²) in [4.78, 5) is 27.0. The molecule has 3 heterocycles. The number of likely N-dealkylation sites (tertiary alicyclic amines) is 1. The SMILES string of the molecule is Cc1cc2c(cc1S(=O)(=O)N1CCC(C(=O)N3CCCC[C@H]3C)CC1)O[C@H](C)C(=O)N2. The van der Waals surface area contributed by atoms with E-state index in [1.807, 2.05) is 4.90 Å². The number of carbonyl (C=O) groups excluding carboxylic acids is 2. The van der Waals surface area contributed by atoms with Crippen LogP contribution < -0.4 is 10.1 Å². The molecule has 0 bridgehead atoms. The van der Waals surface area contributed by atoms with Crippen molar-refractivity contribution in [3.05, 3.63) is 17.7 Å². The molecular formula is C22H31N3O5S. The molecule has 0 saturated carbocycles. The lowest BCUT2D eigenvalue weighted by molar-refractivity contribution is -0.140. The van der Waals surface area contributed by atoms with Crippen LogP contribution in [-0.4, -0.2) is 61.2 Å². The summed E-state index contributed by atoms with van der Waals surface area (Å²) in [6, 6.07) is 3.41. The van der Waals surface area contributed by atoms with E-state index in [0.717, 1.165) is 25.8 Å². The van der Waals surface area contributed by atoms with Crippen molar-refractivity contribution >= 4 is 27.5 Å². The Morgan fingerprint density at radius 2 is 1.81 bits per heavy atom. The van der Waals surface area contributed by atoms with E-state index >= 15 is 0 Å². The number of nitrogens with one attached hydrogen (secondary N) is 1. The van der Waals surface area contributed by atoms with Crippen LogP contribution in [0.2, 0.25) is 0 Å². The Morgan fingerprint density at radius 3 is 2.48 bits per heavy atom. The van der Waals surface area contributed by atoms with Crippen LogP contribution in [0.1, 0.15) is 51.5 Å². The van der Waals surface area contributed by atoms with Crippen LogP contribution in [0.3, 0.4) is 0 Å². The van der Waals surface area contributed by atoms with Gasteiger partial charge in [0.1, 0.15) is 5.75 Å². The number of fused-ring (bicyclic) bond motifs is 1. The Labute approximate surface area is 184 Å². The minimum Gasteiger partial charge on any atom is -0.479 e. The van der Waals surface area contributed by atoms with Crippen molar-refractivity contribution in [1.82, 2.24) is 9.21 Å². The van der Waals surface area contributed by atoms with E-state index in [2.05, 4.69) is 12.2 Å². The average molecular weight is 450 g/mol. The first-order valence-electron chi connectivity index (χ1n) is 11.1. The third-order valence-electron chi connectivity index (χ3n) is 6.72. The van der Waals surface area contributed by atoms with E-state index in [4.69, 9.17) is 4.74 Å². The second-order valence-electron chi connectivity index (χ2n) is 8.92. The highest BCUT2D eigenvalue weighted by Gasteiger charge is 2.36. The largest absolute Gasteiger partial charge is 0.479 e. The predicted octanol–water partition coefficient (Wildman–Crippen LogP) is 2.52. The number of benzene rings is 1. The lowest BCUT2D eigenvalue weighted by Gasteiger charge is -2.38. The first-order valence-corrected chi connectivity index (χ1v) is 12.6. The zero-order valence-electron chi connectivity index (χ0n) is 18.4. The van der Waals surface area contributed by atoms with E-state index in [1.54, 1.807) is 19.9 Å². The molecule has 1 aromatic carbocycles. The lowest BCUT2D eigenvalue weighted by Crippen LogP contribution is -2.48. The molecule has 0 aromatic heterocycles. The maximum absolute atomic E-state index is 13.4. The van der Waals surface area contributed by atoms with E-state index in [-0.39, 0.29) is 28.7 Å². The predicted molar refractivity (Wildman–Crippen MR) is 116 cm³/mol. The maximum Gasteiger partial charge on any atom is 0.265 e. The molecule has 1 N–H and O–H groups in total. The Bertz CT molecular complexity index is 985. The van der Waals surface area contributed by atoms with Gasteiger partial charge in [-0.3, -0.25) is 9.59 Å². The smallest absolute Gasteiger partial charge is 0.265 e. The van der Waals surface area contributed by atoms with Crippen molar-refractivity contribution in [2.24, 2.45) is 5.92 Å². The van der Waals surface area contributed by atoms with E-state index in [1.165, 1.54) is 10.4 Å². The average Bonchev–Trinajstić information content (AvgIpc) is 2.74. The van der Waals surface area contributed by atoms with Crippen molar-refractivity contribution in [1.29, 1.82) is 0 Å². The summed E-state index contributed by atoms with van der Waals surface area (Å²) in [6.45, 7) is 6.89. The number of hydrogen-bond donors (Lipinski definition) is 1. The number of nitrogens with zero attached hydrogens (tertiary/aromatic N) is 2. The number of anilines is 1. The van der Waals surface area contributed by atoms with E-state index in [0.29, 0.717) is 42.9 Å². The third-order valence-corrected chi connectivity index (χ3v) is 8.76. The molecule has 9 heteroatoms. The molecular weight excluding hydrogens is 418 g/mol. The van der Waals surface area contributed by atoms with Crippen molar-refractivity contribution in [3.8, 4) is 5.75 Å². The monoisotopic (exact) mass is 449 g/mol. The minimum atomic E-state index is -3.73. The molecule has 3 aliphatic rings. The highest BCUT2D eigenvalue weighted by Crippen LogP contribution is 2.36. The standard InChI is InChI=1S/C22H31N3O5S/c1-14-12-18-19(30-16(3)21(26)23-18)13-20(14)31(28,29)24-10-7-17(8-11-24)22(27)25-9-5-4-6-15(25)2/h12-13,15-17H,4-11H2,1-3H3,(H,23,26)/t15-,16-/m1/s1. The lowest BCUT2D eigenvalue weighted by atomic mass is 9.94. The van der Waals surface area contributed by atoms with Crippen LogP contribution in [0, 0.1) is 12.8 Å². The van der Waals surface area contributed by atoms with E-state index in [9.17, 15) is 18.0 Å². The minimum absolute atomic E-state index is 0.115. The van der Waals surface area contributed by atoms with Crippen LogP contribution in [0.15, 0.2) is 17.0 Å². The number of hydrogen-bond acceptors (Lipinski definition) is 5. The first kappa shape index (κ1) is 22.1. The molecule has 0 unspecified atom stereocenters. The second-order valence-corrected chi connectivity index (χ2v) is 10.8. The van der Waals surface area contributed by atoms with Gasteiger partial charge in [0, 0.05) is 37.7 Å². The molecule has 8 nitrogen and oxygen atoms in total. The van der Waals surface area contributed by atoms with Crippen molar-refractivity contribution in [2.45, 2.75) is 69.9 Å². The summed E-state index contributed by atoms with van der Waals surface area (Å²) < 4.78 is 33.8. The molecule has 4 rings (SSSR count). The molecule has 0 radical (unpaired) electrons. The highest BCUT2D eigenvalue weighted by molar-refractivity contribution is 7.89. The maximum atomic E-state index is 13.4. The number of rotatable bonds is 3. The molecule has 2 saturated heterocycles. The fourth-order valence-electron chi connectivity index (χ4n) is 4.76. The summed E-state index contributed by atoms with van der Waals surface area (Å²) in [5.74, 6) is 0.168. The van der Waals surface area contributed by atoms with Crippen molar-refractivity contribution in [2.75, 3.05) is 25.0 Å². The summed E-state index contributed by atoms with van der Waals surface area (Å²) in [5, 5.41) is 2.75. The summed E-state index contributed by atoms with van der Waals surface area (Å²) >= 11 is 0. The quantitative estimate of drug-likeness (QED) is 0.765. The Hall–Kier alpha value is -2.13. The van der Waals surface area contributed by atoms with Gasteiger partial charge in [-0.15, -0.1) is 0 Å². The Balaban J connectivity index is 1.48. The summed E-state index contributed by atoms with van der Waals surface area (Å²) in [5.41, 5.74) is 1.04. The van der Waals surface area contributed by atoms with Crippen LogP contribution in [0.4, 0.5) is 5.69 Å². The molecule has 0 aliphatic carbocycles. The number of piperidine rings is 2. The normalized spacial score (nSPS) is 25.5. The van der Waals surface area contributed by atoms with Crippen LogP contribution >= 0.6 is 0 Å². The van der Waals surface area contributed by atoms with Gasteiger partial charge in [-0.25, -0.2) is 8.42 Å². The van der Waals surface area contributed by atoms with Crippen LogP contribution in [0.5, 0.6) is 5.75 Å². The second kappa shape index (κ2) is 8.43. The van der Waals surface area contributed by atoms with Gasteiger partial charge in [0.25, 0.3) is 5.91 Å². The Kier molecular flexibility index (Phi) is 6.00. The topological polar surface area (TPSA) is 96.0 Å². The summed E-state index contributed by atoms with van der Waals surface area (Å²) in [6.07, 6.45) is 3.64. The zero-order valence-corrected chi connectivity index (χ0v) is 19.2. The molecule has 2 fully saturated rings. The van der Waals surface area contributed by atoms with E-state index < -0.39 is 16.1 Å². The van der Waals surface area contributed by atoms with Crippen molar-refractivity contribution in [3.63, 3.8) is 0 Å². The molecule has 31 heavy (non-hydrogen) atoms. The fourth-order valence-corrected chi connectivity index (χ4v) is 6.45. The first-order chi connectivity index (χ1) is 14.7. The van der Waals surface area contributed by atoms with Gasteiger partial charge in [0.15, 0.2) is 6.10 Å². The molecule has 2 amide bonds. The zero-order chi connectivity index (χ0) is 22.3. The van der Waals surface area contributed by atoms with Gasteiger partial charge < -0.3 is 15.0 Å². The number of ether oxygens (including phenoxy) is 1. The fraction of sp³-hybridized carbons (Fsp3) is 0.636. The van der Waals surface area contributed by atoms with Gasteiger partial charge in [0.2, 0.25) is 15.9 Å². The Morgan fingerprint density at radius 1 is 1.10 bits per heavy atom. The van der Waals surface area contributed by atoms with Crippen LogP contribution in [0.25, 0.3) is 0 Å². The molecule has 0 spiro atoms. The summed E-state index contributed by atoms with van der Waals surface area (Å²) in [7, 11) is -3.73. The molecule has 1 aromatic rings. The van der Waals surface area contributed by atoms with Gasteiger partial charge in [-0.05, 0) is 64.5 Å². The van der Waals surface area contributed by atoms with Crippen LogP contribution in [-0.2, 0) is 19.6 Å². The van der Waals surface area contributed by atoms with Gasteiger partial charge in [-0.1, -0.05) is 0 Å². The number of sulfonamides is 1. The van der Waals surface area contributed by atoms with Gasteiger partial charge in [0.05, 0.1) is 10.6 Å². The van der Waals surface area contributed by atoms with Gasteiger partial charge in [-0.2, -0.15) is 4.31 Å².